The van der Waals surface area contributed by atoms with E-state index in [2.05, 4.69) is 10.2 Å². The predicted octanol–water partition coefficient (Wildman–Crippen LogP) is -0.346. The van der Waals surface area contributed by atoms with Crippen molar-refractivity contribution < 1.29 is 9.90 Å². The van der Waals surface area contributed by atoms with Crippen LogP contribution in [0.4, 0.5) is 0 Å². The van der Waals surface area contributed by atoms with Crippen LogP contribution in [0, 0.1) is 0 Å². The van der Waals surface area contributed by atoms with Gasteiger partial charge in [0, 0.05) is 38.8 Å². The molecule has 18 heavy (non-hydrogen) atoms. The van der Waals surface area contributed by atoms with Crippen molar-refractivity contribution in [2.45, 2.75) is 38.3 Å². The number of carbonyl (C=O) groups excluding carboxylic acids is 1. The van der Waals surface area contributed by atoms with Gasteiger partial charge in [-0.1, -0.05) is 0 Å². The van der Waals surface area contributed by atoms with Crippen LogP contribution in [-0.2, 0) is 4.79 Å². The van der Waals surface area contributed by atoms with E-state index in [1.54, 1.807) is 0 Å². The van der Waals surface area contributed by atoms with Crippen LogP contribution in [0.2, 0.25) is 0 Å². The highest BCUT2D eigenvalue weighted by Gasteiger charge is 2.26. The molecule has 0 spiro atoms. The number of piperazine rings is 1. The first-order chi connectivity index (χ1) is 8.44. The molecule has 0 atom stereocenters. The highest BCUT2D eigenvalue weighted by atomic mass is 16.3. The molecule has 0 unspecified atom stereocenters. The number of carbonyl (C=O) groups is 1. The lowest BCUT2D eigenvalue weighted by molar-refractivity contribution is -0.132. The molecule has 1 amide bonds. The summed E-state index contributed by atoms with van der Waals surface area (Å²) >= 11 is 0. The molecule has 0 aromatic rings. The van der Waals surface area contributed by atoms with Gasteiger partial charge in [0.2, 0.25) is 5.91 Å². The second kappa shape index (κ2) is 5.55. The minimum absolute atomic E-state index is 0.213. The zero-order chi connectivity index (χ0) is 13.2. The number of aliphatic hydroxyl groups is 1. The molecule has 2 fully saturated rings. The number of hydrogen-bond donors (Lipinski definition) is 2. The number of nitrogens with zero attached hydrogens (tertiary/aromatic N) is 2. The van der Waals surface area contributed by atoms with Gasteiger partial charge in [-0.15, -0.1) is 0 Å². The van der Waals surface area contributed by atoms with Gasteiger partial charge in [-0.3, -0.25) is 9.69 Å². The maximum absolute atomic E-state index is 11.9. The van der Waals surface area contributed by atoms with Crippen LogP contribution >= 0.6 is 0 Å². The lowest BCUT2D eigenvalue weighted by Gasteiger charge is -2.37. The molecule has 1 saturated carbocycles. The van der Waals surface area contributed by atoms with Gasteiger partial charge in [0.15, 0.2) is 0 Å². The predicted molar refractivity (Wildman–Crippen MR) is 70.3 cm³/mol. The lowest BCUT2D eigenvalue weighted by Crippen LogP contribution is -2.53. The van der Waals surface area contributed by atoms with Crippen molar-refractivity contribution in [2.24, 2.45) is 0 Å². The zero-order valence-electron chi connectivity index (χ0n) is 11.5. The minimum atomic E-state index is -0.653. The average molecular weight is 255 g/mol. The highest BCUT2D eigenvalue weighted by Crippen LogP contribution is 2.18. The van der Waals surface area contributed by atoms with E-state index in [9.17, 15) is 9.90 Å². The van der Waals surface area contributed by atoms with Crippen molar-refractivity contribution in [3.63, 3.8) is 0 Å². The SMILES string of the molecule is CC(C)(O)CN1CCN(C(=O)CNC2CC2)CC1. The van der Waals surface area contributed by atoms with E-state index >= 15 is 0 Å². The molecule has 104 valence electrons. The van der Waals surface area contributed by atoms with E-state index < -0.39 is 5.60 Å². The van der Waals surface area contributed by atoms with Crippen molar-refractivity contribution in [2.75, 3.05) is 39.3 Å². The molecule has 5 nitrogen and oxygen atoms in total. The Labute approximate surface area is 109 Å². The fraction of sp³-hybridized carbons (Fsp3) is 0.923. The Balaban J connectivity index is 1.67. The summed E-state index contributed by atoms with van der Waals surface area (Å²) < 4.78 is 0. The molecular weight excluding hydrogens is 230 g/mol. The van der Waals surface area contributed by atoms with Crippen LogP contribution in [0.3, 0.4) is 0 Å². The standard InChI is InChI=1S/C13H25N3O2/c1-13(2,18)10-15-5-7-16(8-6-15)12(17)9-14-11-3-4-11/h11,14,18H,3-10H2,1-2H3. The van der Waals surface area contributed by atoms with Gasteiger partial charge >= 0.3 is 0 Å². The monoisotopic (exact) mass is 255 g/mol. The smallest absolute Gasteiger partial charge is 0.236 e. The minimum Gasteiger partial charge on any atom is -0.389 e. The fourth-order valence-corrected chi connectivity index (χ4v) is 2.33. The van der Waals surface area contributed by atoms with Crippen molar-refractivity contribution in [1.29, 1.82) is 0 Å². The van der Waals surface area contributed by atoms with E-state index in [0.29, 0.717) is 19.1 Å². The largest absolute Gasteiger partial charge is 0.389 e. The molecule has 2 rings (SSSR count). The molecule has 0 radical (unpaired) electrons. The van der Waals surface area contributed by atoms with Crippen LogP contribution in [0.15, 0.2) is 0 Å². The first-order valence-corrected chi connectivity index (χ1v) is 6.90. The van der Waals surface area contributed by atoms with Crippen LogP contribution in [-0.4, -0.2) is 71.7 Å². The van der Waals surface area contributed by atoms with Crippen molar-refractivity contribution in [3.8, 4) is 0 Å². The lowest BCUT2D eigenvalue weighted by atomic mass is 10.1. The van der Waals surface area contributed by atoms with Crippen LogP contribution < -0.4 is 5.32 Å². The van der Waals surface area contributed by atoms with Gasteiger partial charge in [0.25, 0.3) is 0 Å². The Morgan fingerprint density at radius 3 is 2.39 bits per heavy atom. The quantitative estimate of drug-likeness (QED) is 0.705. The van der Waals surface area contributed by atoms with Crippen molar-refractivity contribution in [1.82, 2.24) is 15.1 Å². The third-order valence-corrected chi connectivity index (χ3v) is 3.45. The molecule has 1 aliphatic carbocycles. The Hall–Kier alpha value is -0.650. The molecule has 0 aromatic heterocycles. The highest BCUT2D eigenvalue weighted by molar-refractivity contribution is 5.78. The summed E-state index contributed by atoms with van der Waals surface area (Å²) in [4.78, 5) is 16.1. The van der Waals surface area contributed by atoms with Gasteiger partial charge in [-0.25, -0.2) is 0 Å². The van der Waals surface area contributed by atoms with Gasteiger partial charge in [-0.05, 0) is 26.7 Å². The van der Waals surface area contributed by atoms with E-state index in [4.69, 9.17) is 0 Å². The average Bonchev–Trinajstić information content (AvgIpc) is 3.08. The fourth-order valence-electron chi connectivity index (χ4n) is 2.33. The molecule has 2 N–H and O–H groups in total. The summed E-state index contributed by atoms with van der Waals surface area (Å²) in [5, 5.41) is 13.0. The molecule has 2 aliphatic rings. The van der Waals surface area contributed by atoms with Crippen LogP contribution in [0.25, 0.3) is 0 Å². The first-order valence-electron chi connectivity index (χ1n) is 6.90. The summed E-state index contributed by atoms with van der Waals surface area (Å²) in [6.45, 7) is 8.08. The molecular formula is C13H25N3O2. The summed E-state index contributed by atoms with van der Waals surface area (Å²) in [6.07, 6.45) is 2.43. The van der Waals surface area contributed by atoms with Crippen molar-refractivity contribution >= 4 is 5.91 Å². The van der Waals surface area contributed by atoms with E-state index in [1.165, 1.54) is 12.8 Å². The molecule has 0 bridgehead atoms. The Kier molecular flexibility index (Phi) is 4.25. The van der Waals surface area contributed by atoms with E-state index in [0.717, 1.165) is 26.2 Å². The number of β-amino-alcohol motifs (C(OH)–C–C–N with tert-alkyl or cyclic N) is 1. The topological polar surface area (TPSA) is 55.8 Å². The molecule has 5 heteroatoms. The summed E-state index contributed by atoms with van der Waals surface area (Å²) in [5.41, 5.74) is -0.653. The Morgan fingerprint density at radius 1 is 1.28 bits per heavy atom. The van der Waals surface area contributed by atoms with E-state index in [1.807, 2.05) is 18.7 Å². The van der Waals surface area contributed by atoms with Gasteiger partial charge < -0.3 is 15.3 Å². The third-order valence-electron chi connectivity index (χ3n) is 3.45. The second-order valence-electron chi connectivity index (χ2n) is 6.12. The maximum atomic E-state index is 11.9. The molecule has 1 heterocycles. The number of hydrogen-bond acceptors (Lipinski definition) is 4. The number of amides is 1. The zero-order valence-corrected chi connectivity index (χ0v) is 11.5. The van der Waals surface area contributed by atoms with Gasteiger partial charge in [0.1, 0.15) is 0 Å². The Bertz CT molecular complexity index is 289. The third kappa shape index (κ3) is 4.55. The molecule has 1 aliphatic heterocycles. The summed E-state index contributed by atoms with van der Waals surface area (Å²) in [7, 11) is 0. The first kappa shape index (κ1) is 13.8. The van der Waals surface area contributed by atoms with Gasteiger partial charge in [0.05, 0.1) is 12.1 Å². The summed E-state index contributed by atoms with van der Waals surface area (Å²) in [5.74, 6) is 0.213. The molecule has 0 aromatic carbocycles. The maximum Gasteiger partial charge on any atom is 0.236 e. The Morgan fingerprint density at radius 2 is 1.89 bits per heavy atom. The van der Waals surface area contributed by atoms with Gasteiger partial charge in [-0.2, -0.15) is 0 Å². The summed E-state index contributed by atoms with van der Waals surface area (Å²) in [6, 6.07) is 0.588. The van der Waals surface area contributed by atoms with Crippen LogP contribution in [0.1, 0.15) is 26.7 Å². The van der Waals surface area contributed by atoms with E-state index in [-0.39, 0.29) is 5.91 Å². The molecule has 1 saturated heterocycles. The normalized spacial score (nSPS) is 22.3. The second-order valence-corrected chi connectivity index (χ2v) is 6.12. The van der Waals surface area contributed by atoms with Crippen molar-refractivity contribution in [3.05, 3.63) is 0 Å². The van der Waals surface area contributed by atoms with Crippen LogP contribution in [0.5, 0.6) is 0 Å². The number of rotatable bonds is 5. The number of nitrogens with one attached hydrogen (secondary N) is 1.